The fraction of sp³-hybridized carbons (Fsp3) is 0.176. The molecule has 1 aliphatic carbocycles. The molecule has 0 bridgehead atoms. The molecule has 2 aromatic carbocycles. The Morgan fingerprint density at radius 2 is 1.78 bits per heavy atom. The smallest absolute Gasteiger partial charge is 0.0537 e. The standard InChI is InChI=1S/C17H16O/c1-12-10-16-14(13-6-3-2-4-7-13)8-5-9-15(16)17(12)11-18/h2-10,17-18H,11H2,1H3. The number of fused-ring (bicyclic) bond motifs is 1. The van der Waals surface area contributed by atoms with Crippen LogP contribution in [-0.4, -0.2) is 11.7 Å². The first-order chi connectivity index (χ1) is 8.81. The second kappa shape index (κ2) is 4.43. The van der Waals surface area contributed by atoms with Crippen LogP contribution in [0, 0.1) is 0 Å². The van der Waals surface area contributed by atoms with Crippen molar-refractivity contribution in [2.45, 2.75) is 12.8 Å². The van der Waals surface area contributed by atoms with Crippen molar-refractivity contribution in [1.82, 2.24) is 0 Å². The van der Waals surface area contributed by atoms with Crippen molar-refractivity contribution in [2.24, 2.45) is 0 Å². The first-order valence-corrected chi connectivity index (χ1v) is 6.28. The number of hydrogen-bond donors (Lipinski definition) is 1. The van der Waals surface area contributed by atoms with Crippen molar-refractivity contribution in [3.8, 4) is 11.1 Å². The maximum Gasteiger partial charge on any atom is 0.0537 e. The third kappa shape index (κ3) is 1.68. The van der Waals surface area contributed by atoms with Crippen molar-refractivity contribution in [3.63, 3.8) is 0 Å². The van der Waals surface area contributed by atoms with E-state index in [0.717, 1.165) is 0 Å². The first-order valence-electron chi connectivity index (χ1n) is 6.28. The number of aliphatic hydroxyl groups excluding tert-OH is 1. The third-order valence-electron chi connectivity index (χ3n) is 3.70. The molecule has 3 rings (SSSR count). The summed E-state index contributed by atoms with van der Waals surface area (Å²) >= 11 is 0. The van der Waals surface area contributed by atoms with E-state index in [2.05, 4.69) is 55.5 Å². The maximum absolute atomic E-state index is 9.50. The number of aliphatic hydroxyl groups is 1. The van der Waals surface area contributed by atoms with Gasteiger partial charge in [-0.05, 0) is 29.2 Å². The Bertz CT molecular complexity index is 596. The van der Waals surface area contributed by atoms with Gasteiger partial charge in [0.2, 0.25) is 0 Å². The van der Waals surface area contributed by atoms with Gasteiger partial charge in [-0.15, -0.1) is 0 Å². The van der Waals surface area contributed by atoms with Gasteiger partial charge in [-0.2, -0.15) is 0 Å². The van der Waals surface area contributed by atoms with Gasteiger partial charge in [0.1, 0.15) is 0 Å². The average molecular weight is 236 g/mol. The minimum absolute atomic E-state index is 0.170. The van der Waals surface area contributed by atoms with E-state index in [4.69, 9.17) is 0 Å². The SMILES string of the molecule is CC1=Cc2c(-c3ccccc3)cccc2C1CO. The van der Waals surface area contributed by atoms with Crippen molar-refractivity contribution in [1.29, 1.82) is 0 Å². The topological polar surface area (TPSA) is 20.2 Å². The van der Waals surface area contributed by atoms with E-state index < -0.39 is 0 Å². The quantitative estimate of drug-likeness (QED) is 0.839. The number of rotatable bonds is 2. The Balaban J connectivity index is 2.18. The average Bonchev–Trinajstić information content (AvgIpc) is 2.74. The predicted octanol–water partition coefficient (Wildman–Crippen LogP) is 3.85. The van der Waals surface area contributed by atoms with E-state index in [-0.39, 0.29) is 12.5 Å². The van der Waals surface area contributed by atoms with Crippen LogP contribution in [0.25, 0.3) is 17.2 Å². The van der Waals surface area contributed by atoms with Gasteiger partial charge < -0.3 is 5.11 Å². The fourth-order valence-electron chi connectivity index (χ4n) is 2.73. The molecule has 1 N–H and O–H groups in total. The summed E-state index contributed by atoms with van der Waals surface area (Å²) in [5.41, 5.74) is 6.24. The highest BCUT2D eigenvalue weighted by molar-refractivity contribution is 5.81. The first kappa shape index (κ1) is 11.2. The molecule has 18 heavy (non-hydrogen) atoms. The maximum atomic E-state index is 9.50. The van der Waals surface area contributed by atoms with Crippen molar-refractivity contribution >= 4 is 6.08 Å². The summed E-state index contributed by atoms with van der Waals surface area (Å²) in [7, 11) is 0. The molecule has 1 unspecified atom stereocenters. The second-order valence-corrected chi connectivity index (χ2v) is 4.80. The molecular weight excluding hydrogens is 220 g/mol. The van der Waals surface area contributed by atoms with Gasteiger partial charge in [-0.1, -0.05) is 60.2 Å². The summed E-state index contributed by atoms with van der Waals surface area (Å²) in [6.45, 7) is 2.28. The van der Waals surface area contributed by atoms with E-state index in [1.54, 1.807) is 0 Å². The molecule has 1 aliphatic rings. The number of hydrogen-bond acceptors (Lipinski definition) is 1. The van der Waals surface area contributed by atoms with Gasteiger partial charge in [-0.3, -0.25) is 0 Å². The molecule has 0 heterocycles. The molecule has 0 saturated carbocycles. The fourth-order valence-corrected chi connectivity index (χ4v) is 2.73. The monoisotopic (exact) mass is 236 g/mol. The van der Waals surface area contributed by atoms with Crippen LogP contribution in [0.4, 0.5) is 0 Å². The molecule has 1 atom stereocenters. The van der Waals surface area contributed by atoms with Crippen LogP contribution in [0.15, 0.2) is 54.1 Å². The summed E-state index contributed by atoms with van der Waals surface area (Å²) in [6, 6.07) is 16.8. The Labute approximate surface area is 107 Å². The lowest BCUT2D eigenvalue weighted by atomic mass is 9.93. The molecule has 1 nitrogen and oxygen atoms in total. The van der Waals surface area contributed by atoms with Gasteiger partial charge >= 0.3 is 0 Å². The highest BCUT2D eigenvalue weighted by Gasteiger charge is 2.23. The Kier molecular flexibility index (Phi) is 2.77. The molecule has 0 spiro atoms. The summed E-state index contributed by atoms with van der Waals surface area (Å²) in [5, 5.41) is 9.50. The van der Waals surface area contributed by atoms with Crippen LogP contribution < -0.4 is 0 Å². The summed E-state index contributed by atoms with van der Waals surface area (Å²) < 4.78 is 0. The van der Waals surface area contributed by atoms with E-state index in [9.17, 15) is 5.11 Å². The van der Waals surface area contributed by atoms with E-state index >= 15 is 0 Å². The molecule has 0 saturated heterocycles. The number of benzene rings is 2. The Hall–Kier alpha value is -1.86. The lowest BCUT2D eigenvalue weighted by Crippen LogP contribution is -2.02. The molecule has 2 aromatic rings. The molecule has 0 aromatic heterocycles. The third-order valence-corrected chi connectivity index (χ3v) is 3.70. The van der Waals surface area contributed by atoms with Gasteiger partial charge in [-0.25, -0.2) is 0 Å². The van der Waals surface area contributed by atoms with Gasteiger partial charge in [0, 0.05) is 5.92 Å². The Morgan fingerprint density at radius 3 is 2.50 bits per heavy atom. The van der Waals surface area contributed by atoms with Crippen LogP contribution >= 0.6 is 0 Å². The molecule has 1 heteroatoms. The predicted molar refractivity (Wildman–Crippen MR) is 75.4 cm³/mol. The van der Waals surface area contributed by atoms with Crippen LogP contribution in [0.2, 0.25) is 0 Å². The van der Waals surface area contributed by atoms with E-state index in [1.165, 1.54) is 27.8 Å². The summed E-state index contributed by atoms with van der Waals surface area (Å²) in [5.74, 6) is 0.170. The summed E-state index contributed by atoms with van der Waals surface area (Å²) in [6.07, 6.45) is 2.21. The van der Waals surface area contributed by atoms with Crippen LogP contribution in [-0.2, 0) is 0 Å². The zero-order valence-electron chi connectivity index (χ0n) is 10.4. The highest BCUT2D eigenvalue weighted by Crippen LogP contribution is 2.40. The van der Waals surface area contributed by atoms with Gasteiger partial charge in [0.05, 0.1) is 6.61 Å². The Morgan fingerprint density at radius 1 is 1.00 bits per heavy atom. The lowest BCUT2D eigenvalue weighted by Gasteiger charge is -2.12. The molecule has 0 fully saturated rings. The minimum Gasteiger partial charge on any atom is -0.395 e. The largest absolute Gasteiger partial charge is 0.395 e. The lowest BCUT2D eigenvalue weighted by molar-refractivity contribution is 0.280. The van der Waals surface area contributed by atoms with E-state index in [1.807, 2.05) is 6.07 Å². The zero-order chi connectivity index (χ0) is 12.5. The zero-order valence-corrected chi connectivity index (χ0v) is 10.4. The molecule has 0 radical (unpaired) electrons. The van der Waals surface area contributed by atoms with Crippen LogP contribution in [0.3, 0.4) is 0 Å². The molecule has 0 amide bonds. The van der Waals surface area contributed by atoms with Crippen molar-refractivity contribution in [3.05, 3.63) is 65.2 Å². The van der Waals surface area contributed by atoms with Gasteiger partial charge in [0.15, 0.2) is 0 Å². The van der Waals surface area contributed by atoms with Gasteiger partial charge in [0.25, 0.3) is 0 Å². The molecule has 90 valence electrons. The van der Waals surface area contributed by atoms with Crippen LogP contribution in [0.1, 0.15) is 24.0 Å². The minimum atomic E-state index is 0.170. The molecular formula is C17H16O. The highest BCUT2D eigenvalue weighted by atomic mass is 16.3. The van der Waals surface area contributed by atoms with Crippen molar-refractivity contribution < 1.29 is 5.11 Å². The second-order valence-electron chi connectivity index (χ2n) is 4.80. The normalized spacial score (nSPS) is 17.4. The van der Waals surface area contributed by atoms with E-state index in [0.29, 0.717) is 0 Å². The van der Waals surface area contributed by atoms with Crippen LogP contribution in [0.5, 0.6) is 0 Å². The summed E-state index contributed by atoms with van der Waals surface area (Å²) in [4.78, 5) is 0. The molecule has 0 aliphatic heterocycles. The van der Waals surface area contributed by atoms with Crippen molar-refractivity contribution in [2.75, 3.05) is 6.61 Å².